The van der Waals surface area contributed by atoms with E-state index in [-0.39, 0.29) is 5.91 Å². The molecule has 0 unspecified atom stereocenters. The third-order valence-electron chi connectivity index (χ3n) is 5.75. The molecular weight excluding hydrogens is 510 g/mol. The number of nitrogens with one attached hydrogen (secondary N) is 1. The van der Waals surface area contributed by atoms with Gasteiger partial charge in [-0.2, -0.15) is 5.26 Å². The van der Waals surface area contributed by atoms with E-state index in [1.807, 2.05) is 73.5 Å². The minimum absolute atomic E-state index is 0.109. The number of nitriles is 1. The molecule has 0 radical (unpaired) electrons. The van der Waals surface area contributed by atoms with Crippen LogP contribution in [-0.4, -0.2) is 29.6 Å². The Labute approximate surface area is 223 Å². The number of aliphatic imine (C=N–C) groups is 1. The van der Waals surface area contributed by atoms with E-state index in [1.54, 1.807) is 17.0 Å². The van der Waals surface area contributed by atoms with Crippen molar-refractivity contribution >= 4 is 63.3 Å². The highest BCUT2D eigenvalue weighted by Crippen LogP contribution is 2.52. The summed E-state index contributed by atoms with van der Waals surface area (Å²) in [6.07, 6.45) is 0. The fourth-order valence-electron chi connectivity index (χ4n) is 4.04. The molecule has 2 aliphatic rings. The maximum absolute atomic E-state index is 13.8. The summed E-state index contributed by atoms with van der Waals surface area (Å²) in [4.78, 5) is 24.0. The van der Waals surface area contributed by atoms with Crippen LogP contribution in [0.15, 0.2) is 86.6 Å². The number of benzene rings is 3. The van der Waals surface area contributed by atoms with Crippen LogP contribution in [0.5, 0.6) is 0 Å². The van der Waals surface area contributed by atoms with Crippen molar-refractivity contribution in [2.24, 2.45) is 4.99 Å². The number of carbonyl (C=O) groups excluding carboxylic acids is 1. The Hall–Kier alpha value is -3.38. The number of para-hydroxylation sites is 1. The normalized spacial score (nSPS) is 18.1. The zero-order valence-corrected chi connectivity index (χ0v) is 22.0. The summed E-state index contributed by atoms with van der Waals surface area (Å²) in [5, 5.41) is 14.8. The second-order valence-corrected chi connectivity index (χ2v) is 10.5. The van der Waals surface area contributed by atoms with Crippen LogP contribution in [-0.2, 0) is 11.3 Å². The molecule has 1 amide bonds. The summed E-state index contributed by atoms with van der Waals surface area (Å²) in [6, 6.07) is 23.2. The number of rotatable bonds is 5. The number of hydrogen-bond acceptors (Lipinski definition) is 7. The lowest BCUT2D eigenvalue weighted by Gasteiger charge is -2.17. The van der Waals surface area contributed by atoms with Gasteiger partial charge >= 0.3 is 0 Å². The molecule has 0 spiro atoms. The summed E-state index contributed by atoms with van der Waals surface area (Å²) in [5.74, 6) is -0.109. The van der Waals surface area contributed by atoms with Crippen molar-refractivity contribution in [3.05, 3.63) is 92.8 Å². The van der Waals surface area contributed by atoms with Crippen LogP contribution >= 0.6 is 35.1 Å². The number of amides is 1. The minimum atomic E-state index is -0.109. The van der Waals surface area contributed by atoms with Gasteiger partial charge in [0.1, 0.15) is 4.91 Å². The Kier molecular flexibility index (Phi) is 6.97. The molecule has 1 saturated heterocycles. The van der Waals surface area contributed by atoms with Gasteiger partial charge in [-0.3, -0.25) is 9.69 Å². The number of hydrogen-bond donors (Lipinski definition) is 1. The van der Waals surface area contributed by atoms with E-state index < -0.39 is 0 Å². The molecule has 5 rings (SSSR count). The molecule has 0 aliphatic carbocycles. The van der Waals surface area contributed by atoms with Gasteiger partial charge in [-0.05, 0) is 54.6 Å². The highest BCUT2D eigenvalue weighted by Gasteiger charge is 2.39. The van der Waals surface area contributed by atoms with Crippen molar-refractivity contribution in [2.75, 3.05) is 23.8 Å². The molecule has 0 aromatic heterocycles. The molecule has 0 atom stereocenters. The molecule has 1 N–H and O–H groups in total. The van der Waals surface area contributed by atoms with Crippen molar-refractivity contribution in [3.63, 3.8) is 0 Å². The van der Waals surface area contributed by atoms with Crippen molar-refractivity contribution < 1.29 is 4.79 Å². The van der Waals surface area contributed by atoms with E-state index in [9.17, 15) is 10.1 Å². The SMILES string of the molecule is CCNc1ccc(C#N)cc1N=C1S/C(=C2\Sc3cccc(Cl)c3N2C)C(=O)N1Cc1ccccc1. The van der Waals surface area contributed by atoms with Gasteiger partial charge in [0.05, 0.1) is 45.3 Å². The average Bonchev–Trinajstić information content (AvgIpc) is 3.38. The van der Waals surface area contributed by atoms with Crippen molar-refractivity contribution in [1.29, 1.82) is 5.26 Å². The Morgan fingerprint density at radius 3 is 2.61 bits per heavy atom. The van der Waals surface area contributed by atoms with Crippen molar-refractivity contribution in [3.8, 4) is 6.07 Å². The first kappa shape index (κ1) is 24.3. The second kappa shape index (κ2) is 10.3. The molecule has 3 aromatic carbocycles. The Morgan fingerprint density at radius 2 is 1.89 bits per heavy atom. The molecule has 36 heavy (non-hydrogen) atoms. The lowest BCUT2D eigenvalue weighted by Crippen LogP contribution is -2.29. The molecular formula is C27H22ClN5OS2. The Morgan fingerprint density at radius 1 is 1.08 bits per heavy atom. The van der Waals surface area contributed by atoms with Gasteiger partial charge in [-0.25, -0.2) is 4.99 Å². The number of halogens is 1. The van der Waals surface area contributed by atoms with Gasteiger partial charge in [-0.15, -0.1) is 0 Å². The fourth-order valence-corrected chi connectivity index (χ4v) is 6.76. The molecule has 2 heterocycles. The van der Waals surface area contributed by atoms with E-state index in [4.69, 9.17) is 16.6 Å². The molecule has 3 aromatic rings. The molecule has 1 fully saturated rings. The number of carbonyl (C=O) groups is 1. The molecule has 180 valence electrons. The lowest BCUT2D eigenvalue weighted by atomic mass is 10.2. The van der Waals surface area contributed by atoms with E-state index >= 15 is 0 Å². The standard InChI is InChI=1S/C27H22ClN5OS2/c1-3-30-20-13-12-18(15-29)14-21(20)31-27-33(16-17-8-5-4-6-9-17)25(34)24(36-27)26-32(2)23-19(28)10-7-11-22(23)35-26/h4-14,30H,3,16H2,1-2H3/b26-24-,31-27?. The summed E-state index contributed by atoms with van der Waals surface area (Å²) >= 11 is 9.37. The summed E-state index contributed by atoms with van der Waals surface area (Å²) in [5.41, 5.74) is 3.84. The van der Waals surface area contributed by atoms with Crippen LogP contribution < -0.4 is 10.2 Å². The summed E-state index contributed by atoms with van der Waals surface area (Å²) in [7, 11) is 1.93. The first-order valence-corrected chi connectivity index (χ1v) is 13.4. The number of anilines is 2. The second-order valence-electron chi connectivity index (χ2n) is 8.13. The van der Waals surface area contributed by atoms with Crippen LogP contribution in [0.1, 0.15) is 18.1 Å². The lowest BCUT2D eigenvalue weighted by molar-refractivity contribution is -0.122. The summed E-state index contributed by atoms with van der Waals surface area (Å²) in [6.45, 7) is 3.10. The van der Waals surface area contributed by atoms with Crippen molar-refractivity contribution in [1.82, 2.24) is 4.90 Å². The topological polar surface area (TPSA) is 71.7 Å². The van der Waals surface area contributed by atoms with Gasteiger partial charge in [0.15, 0.2) is 5.17 Å². The average molecular weight is 532 g/mol. The quantitative estimate of drug-likeness (QED) is 0.364. The Bertz CT molecular complexity index is 1450. The van der Waals surface area contributed by atoms with E-state index in [2.05, 4.69) is 11.4 Å². The van der Waals surface area contributed by atoms with Crippen LogP contribution in [0.25, 0.3) is 0 Å². The molecule has 6 nitrogen and oxygen atoms in total. The smallest absolute Gasteiger partial charge is 0.269 e. The third kappa shape index (κ3) is 4.58. The van der Waals surface area contributed by atoms with Crippen molar-refractivity contribution in [2.45, 2.75) is 18.4 Å². The van der Waals surface area contributed by atoms with Crippen LogP contribution in [0.4, 0.5) is 17.1 Å². The number of nitrogens with zero attached hydrogens (tertiary/aromatic N) is 4. The largest absolute Gasteiger partial charge is 0.384 e. The Balaban J connectivity index is 1.60. The first-order chi connectivity index (χ1) is 17.5. The zero-order valence-electron chi connectivity index (χ0n) is 19.7. The highest BCUT2D eigenvalue weighted by molar-refractivity contribution is 8.19. The number of fused-ring (bicyclic) bond motifs is 1. The molecule has 0 saturated carbocycles. The van der Waals surface area contributed by atoms with Gasteiger partial charge < -0.3 is 10.2 Å². The van der Waals surface area contributed by atoms with Gasteiger partial charge in [0.2, 0.25) is 0 Å². The minimum Gasteiger partial charge on any atom is -0.384 e. The van der Waals surface area contributed by atoms with Crippen LogP contribution in [0, 0.1) is 11.3 Å². The van der Waals surface area contributed by atoms with Crippen LogP contribution in [0.3, 0.4) is 0 Å². The van der Waals surface area contributed by atoms with Gasteiger partial charge in [-0.1, -0.05) is 59.8 Å². The molecule has 2 aliphatic heterocycles. The van der Waals surface area contributed by atoms with E-state index in [0.717, 1.165) is 26.9 Å². The highest BCUT2D eigenvalue weighted by atomic mass is 35.5. The van der Waals surface area contributed by atoms with Gasteiger partial charge in [0, 0.05) is 18.5 Å². The number of amidine groups is 1. The fraction of sp³-hybridized carbons (Fsp3) is 0.148. The van der Waals surface area contributed by atoms with E-state index in [1.165, 1.54) is 23.5 Å². The van der Waals surface area contributed by atoms with Crippen LogP contribution in [0.2, 0.25) is 5.02 Å². The molecule has 0 bridgehead atoms. The van der Waals surface area contributed by atoms with Gasteiger partial charge in [0.25, 0.3) is 5.91 Å². The predicted octanol–water partition coefficient (Wildman–Crippen LogP) is 6.82. The number of thioether (sulfide) groups is 2. The predicted molar refractivity (Wildman–Crippen MR) is 150 cm³/mol. The first-order valence-electron chi connectivity index (χ1n) is 11.3. The molecule has 9 heteroatoms. The summed E-state index contributed by atoms with van der Waals surface area (Å²) < 4.78 is 0. The maximum Gasteiger partial charge on any atom is 0.269 e. The maximum atomic E-state index is 13.8. The van der Waals surface area contributed by atoms with E-state index in [0.29, 0.717) is 39.4 Å². The monoisotopic (exact) mass is 531 g/mol. The third-order valence-corrected chi connectivity index (χ3v) is 8.47. The zero-order chi connectivity index (χ0) is 25.2.